The van der Waals surface area contributed by atoms with Crippen molar-refractivity contribution in [3.8, 4) is 33.9 Å². The number of aromatic nitrogens is 2. The van der Waals surface area contributed by atoms with Gasteiger partial charge in [-0.1, -0.05) is 26.0 Å². The average molecular weight is 418 g/mol. The minimum Gasteiger partial charge on any atom is -0.488 e. The number of primary amides is 1. The molecule has 3 N–H and O–H groups in total. The number of hydrogen-bond acceptors (Lipinski definition) is 6. The summed E-state index contributed by atoms with van der Waals surface area (Å²) in [6.07, 6.45) is 0.870. The molecule has 0 radical (unpaired) electrons. The van der Waals surface area contributed by atoms with Crippen LogP contribution in [0.2, 0.25) is 0 Å². The number of carbonyl (C=O) groups excluding carboxylic acids is 1. The monoisotopic (exact) mass is 418 g/mol. The van der Waals surface area contributed by atoms with Crippen molar-refractivity contribution in [1.82, 2.24) is 9.97 Å². The van der Waals surface area contributed by atoms with Gasteiger partial charge in [0.15, 0.2) is 6.10 Å². The van der Waals surface area contributed by atoms with Crippen LogP contribution in [0.3, 0.4) is 0 Å². The maximum atomic E-state index is 11.3. The summed E-state index contributed by atoms with van der Waals surface area (Å²) < 4.78 is 11.5. The fourth-order valence-electron chi connectivity index (χ4n) is 3.37. The summed E-state index contributed by atoms with van der Waals surface area (Å²) in [7, 11) is 0. The normalized spacial score (nSPS) is 13.0. The van der Waals surface area contributed by atoms with Crippen molar-refractivity contribution in [3.63, 3.8) is 0 Å². The lowest BCUT2D eigenvalue weighted by atomic mass is 9.94. The van der Waals surface area contributed by atoms with E-state index in [1.165, 1.54) is 0 Å². The number of nitrogens with one attached hydrogen (secondary N) is 1. The smallest absolute Gasteiger partial charge is 0.258 e. The van der Waals surface area contributed by atoms with E-state index in [1.807, 2.05) is 24.3 Å². The van der Waals surface area contributed by atoms with Gasteiger partial charge in [0, 0.05) is 29.8 Å². The second-order valence-electron chi connectivity index (χ2n) is 8.04. The Hall–Kier alpha value is -3.61. The van der Waals surface area contributed by atoms with E-state index in [2.05, 4.69) is 41.3 Å². The largest absolute Gasteiger partial charge is 0.488 e. The lowest BCUT2D eigenvalue weighted by Gasteiger charge is -2.22. The molecule has 2 heterocycles. The van der Waals surface area contributed by atoms with Gasteiger partial charge < -0.3 is 20.5 Å². The number of anilines is 1. The summed E-state index contributed by atoms with van der Waals surface area (Å²) in [5.74, 6) is 2.08. The Balaban J connectivity index is 1.64. The molecule has 160 valence electrons. The molecule has 7 nitrogen and oxygen atoms in total. The average Bonchev–Trinajstić information content (AvgIpc) is 2.77. The van der Waals surface area contributed by atoms with E-state index >= 15 is 0 Å². The Kier molecular flexibility index (Phi) is 5.75. The molecule has 3 aromatic rings. The van der Waals surface area contributed by atoms with E-state index < -0.39 is 12.0 Å². The summed E-state index contributed by atoms with van der Waals surface area (Å²) in [5, 5.41) is 3.34. The zero-order chi connectivity index (χ0) is 22.0. The zero-order valence-electron chi connectivity index (χ0n) is 17.9. The summed E-state index contributed by atoms with van der Waals surface area (Å²) in [6.45, 7) is 7.24. The molecule has 0 aliphatic carbocycles. The third-order valence-corrected chi connectivity index (χ3v) is 5.10. The molecule has 0 saturated carbocycles. The molecule has 0 unspecified atom stereocenters. The summed E-state index contributed by atoms with van der Waals surface area (Å²) >= 11 is 0. The molecular weight excluding hydrogens is 392 g/mol. The topological polar surface area (TPSA) is 99.4 Å². The highest BCUT2D eigenvalue weighted by atomic mass is 16.5. The van der Waals surface area contributed by atoms with Crippen LogP contribution in [0.4, 0.5) is 5.82 Å². The maximum absolute atomic E-state index is 11.3. The molecule has 1 atom stereocenters. The lowest BCUT2D eigenvalue weighted by Crippen LogP contribution is -2.30. The Bertz CT molecular complexity index is 1110. The molecule has 2 aromatic carbocycles. The number of fused-ring (bicyclic) bond motifs is 3. The first kappa shape index (κ1) is 20.7. The van der Waals surface area contributed by atoms with Crippen molar-refractivity contribution in [2.45, 2.75) is 33.5 Å². The molecule has 1 aliphatic rings. The van der Waals surface area contributed by atoms with Gasteiger partial charge in [0.05, 0.1) is 5.69 Å². The standard InChI is InChI=1S/C24H26N4O3/c1-14(2)11-26-23-10-21(27-13-28-23)16-4-5-17-12-30-22-9-18(31-15(3)24(25)29)6-7-19(22)20(17)8-16/h4-10,13-15H,11-12H2,1-3H3,(H2,25,29)(H,26,27,28)/t15-/m0/s1. The van der Waals surface area contributed by atoms with E-state index in [0.29, 0.717) is 24.0 Å². The highest BCUT2D eigenvalue weighted by Crippen LogP contribution is 2.41. The van der Waals surface area contributed by atoms with Crippen LogP contribution in [0.5, 0.6) is 11.5 Å². The first-order valence-electron chi connectivity index (χ1n) is 10.3. The predicted molar refractivity (Wildman–Crippen MR) is 120 cm³/mol. The van der Waals surface area contributed by atoms with Gasteiger partial charge in [-0.2, -0.15) is 0 Å². The van der Waals surface area contributed by atoms with Crippen molar-refractivity contribution in [2.75, 3.05) is 11.9 Å². The van der Waals surface area contributed by atoms with Gasteiger partial charge in [-0.25, -0.2) is 9.97 Å². The number of benzene rings is 2. The van der Waals surface area contributed by atoms with Crippen molar-refractivity contribution in [3.05, 3.63) is 54.4 Å². The summed E-state index contributed by atoms with van der Waals surface area (Å²) in [4.78, 5) is 20.1. The maximum Gasteiger partial charge on any atom is 0.258 e. The minimum absolute atomic E-state index is 0.461. The molecule has 31 heavy (non-hydrogen) atoms. The van der Waals surface area contributed by atoms with Crippen LogP contribution >= 0.6 is 0 Å². The number of carbonyl (C=O) groups is 1. The number of hydrogen-bond donors (Lipinski definition) is 2. The van der Waals surface area contributed by atoms with Crippen molar-refractivity contribution < 1.29 is 14.3 Å². The van der Waals surface area contributed by atoms with Crippen LogP contribution in [-0.4, -0.2) is 28.5 Å². The number of amides is 1. The molecule has 7 heteroatoms. The molecule has 0 fully saturated rings. The van der Waals surface area contributed by atoms with E-state index in [4.69, 9.17) is 15.2 Å². The van der Waals surface area contributed by atoms with Crippen LogP contribution in [0.15, 0.2) is 48.8 Å². The Morgan fingerprint density at radius 2 is 1.97 bits per heavy atom. The van der Waals surface area contributed by atoms with Gasteiger partial charge >= 0.3 is 0 Å². The number of ether oxygens (including phenoxy) is 2. The SMILES string of the molecule is CC(C)CNc1cc(-c2ccc3c(c2)-c2ccc(O[C@@H](C)C(N)=O)cc2OC3)ncn1. The third kappa shape index (κ3) is 4.60. The Morgan fingerprint density at radius 1 is 1.13 bits per heavy atom. The van der Waals surface area contributed by atoms with Crippen molar-refractivity contribution in [1.29, 1.82) is 0 Å². The number of rotatable bonds is 7. The fourth-order valence-corrected chi connectivity index (χ4v) is 3.37. The van der Waals surface area contributed by atoms with Crippen LogP contribution in [0, 0.1) is 5.92 Å². The van der Waals surface area contributed by atoms with E-state index in [0.717, 1.165) is 40.3 Å². The molecule has 1 aromatic heterocycles. The van der Waals surface area contributed by atoms with E-state index in [9.17, 15) is 4.79 Å². The number of nitrogens with two attached hydrogens (primary N) is 1. The van der Waals surface area contributed by atoms with E-state index in [1.54, 1.807) is 19.3 Å². The highest BCUT2D eigenvalue weighted by Gasteiger charge is 2.20. The molecule has 0 saturated heterocycles. The first-order valence-corrected chi connectivity index (χ1v) is 10.3. The van der Waals surface area contributed by atoms with Crippen molar-refractivity contribution >= 4 is 11.7 Å². The molecule has 0 bridgehead atoms. The third-order valence-electron chi connectivity index (χ3n) is 5.10. The predicted octanol–water partition coefficient (Wildman–Crippen LogP) is 4.02. The second kappa shape index (κ2) is 8.63. The second-order valence-corrected chi connectivity index (χ2v) is 8.04. The fraction of sp³-hybridized carbons (Fsp3) is 0.292. The van der Waals surface area contributed by atoms with Gasteiger partial charge in [0.2, 0.25) is 0 Å². The summed E-state index contributed by atoms with van der Waals surface area (Å²) in [5.41, 5.74) is 10.3. The van der Waals surface area contributed by atoms with Crippen LogP contribution < -0.4 is 20.5 Å². The first-order chi connectivity index (χ1) is 14.9. The highest BCUT2D eigenvalue weighted by molar-refractivity contribution is 5.81. The van der Waals surface area contributed by atoms with Crippen LogP contribution in [0.1, 0.15) is 26.3 Å². The Morgan fingerprint density at radius 3 is 2.74 bits per heavy atom. The van der Waals surface area contributed by atoms with Crippen molar-refractivity contribution in [2.24, 2.45) is 11.7 Å². The van der Waals surface area contributed by atoms with E-state index in [-0.39, 0.29) is 0 Å². The van der Waals surface area contributed by atoms with Crippen LogP contribution in [-0.2, 0) is 11.4 Å². The zero-order valence-corrected chi connectivity index (χ0v) is 17.9. The van der Waals surface area contributed by atoms with Gasteiger partial charge in [0.25, 0.3) is 5.91 Å². The molecule has 4 rings (SSSR count). The molecule has 1 amide bonds. The van der Waals surface area contributed by atoms with Gasteiger partial charge in [-0.05, 0) is 42.2 Å². The lowest BCUT2D eigenvalue weighted by molar-refractivity contribution is -0.123. The van der Waals surface area contributed by atoms with Gasteiger partial charge in [-0.3, -0.25) is 4.79 Å². The van der Waals surface area contributed by atoms with Gasteiger partial charge in [-0.15, -0.1) is 0 Å². The molecular formula is C24H26N4O3. The minimum atomic E-state index is -0.711. The molecule has 0 spiro atoms. The summed E-state index contributed by atoms with van der Waals surface area (Å²) in [6, 6.07) is 13.8. The Labute approximate surface area is 181 Å². The number of nitrogens with zero attached hydrogens (tertiary/aromatic N) is 2. The van der Waals surface area contributed by atoms with Crippen LogP contribution in [0.25, 0.3) is 22.4 Å². The quantitative estimate of drug-likeness (QED) is 0.601. The molecule has 1 aliphatic heterocycles. The van der Waals surface area contributed by atoms with Gasteiger partial charge in [0.1, 0.15) is 30.3 Å².